The summed E-state index contributed by atoms with van der Waals surface area (Å²) in [7, 11) is 0. The molecule has 1 aliphatic rings. The van der Waals surface area contributed by atoms with Crippen LogP contribution in [0.5, 0.6) is 11.5 Å². The Morgan fingerprint density at radius 1 is 1.14 bits per heavy atom. The first-order valence-electron chi connectivity index (χ1n) is 7.13. The van der Waals surface area contributed by atoms with Crippen molar-refractivity contribution < 1.29 is 9.84 Å². The van der Waals surface area contributed by atoms with Crippen LogP contribution in [-0.4, -0.2) is 11.1 Å². The molecular formula is C17H18BrNO2. The van der Waals surface area contributed by atoms with Crippen molar-refractivity contribution in [2.45, 2.75) is 32.0 Å². The Balaban J connectivity index is 1.59. The molecule has 1 fully saturated rings. The number of halogens is 1. The van der Waals surface area contributed by atoms with Gasteiger partial charge in [-0.2, -0.15) is 0 Å². The molecule has 0 bridgehead atoms. The van der Waals surface area contributed by atoms with E-state index in [1.54, 1.807) is 12.1 Å². The van der Waals surface area contributed by atoms with E-state index in [9.17, 15) is 5.11 Å². The van der Waals surface area contributed by atoms with E-state index in [1.165, 1.54) is 18.4 Å². The Morgan fingerprint density at radius 3 is 2.71 bits per heavy atom. The van der Waals surface area contributed by atoms with Crippen molar-refractivity contribution in [2.24, 2.45) is 0 Å². The molecule has 0 amide bonds. The molecule has 0 aliphatic heterocycles. The zero-order valence-electron chi connectivity index (χ0n) is 11.7. The van der Waals surface area contributed by atoms with Crippen LogP contribution in [0.4, 0.5) is 0 Å². The Labute approximate surface area is 133 Å². The van der Waals surface area contributed by atoms with Crippen molar-refractivity contribution in [3.05, 3.63) is 58.1 Å². The molecule has 4 heteroatoms. The number of hydrogen-bond donors (Lipinski definition) is 2. The molecule has 2 aromatic carbocycles. The van der Waals surface area contributed by atoms with Crippen molar-refractivity contribution >= 4 is 15.9 Å². The highest BCUT2D eigenvalue weighted by Gasteiger charge is 2.20. The van der Waals surface area contributed by atoms with Crippen molar-refractivity contribution in [1.82, 2.24) is 5.32 Å². The molecule has 1 saturated carbocycles. The molecule has 3 rings (SSSR count). The van der Waals surface area contributed by atoms with E-state index >= 15 is 0 Å². The normalized spacial score (nSPS) is 14.1. The van der Waals surface area contributed by atoms with Gasteiger partial charge in [0.2, 0.25) is 0 Å². The fourth-order valence-corrected chi connectivity index (χ4v) is 2.67. The molecule has 2 aromatic rings. The van der Waals surface area contributed by atoms with E-state index in [0.717, 1.165) is 22.3 Å². The molecule has 2 N–H and O–H groups in total. The summed E-state index contributed by atoms with van der Waals surface area (Å²) in [6.45, 7) is 1.34. The molecule has 1 aliphatic carbocycles. The maximum atomic E-state index is 9.44. The highest BCUT2D eigenvalue weighted by atomic mass is 79.9. The van der Waals surface area contributed by atoms with Crippen LogP contribution in [0.3, 0.4) is 0 Å². The Morgan fingerprint density at radius 2 is 2.00 bits per heavy atom. The maximum Gasteiger partial charge on any atom is 0.134 e. The lowest BCUT2D eigenvalue weighted by Crippen LogP contribution is -2.15. The minimum Gasteiger partial charge on any atom is -0.508 e. The van der Waals surface area contributed by atoms with Crippen molar-refractivity contribution in [1.29, 1.82) is 0 Å². The molecule has 0 atom stereocenters. The van der Waals surface area contributed by atoms with Crippen molar-refractivity contribution in [2.75, 3.05) is 0 Å². The van der Waals surface area contributed by atoms with Gasteiger partial charge in [0, 0.05) is 12.6 Å². The second kappa shape index (κ2) is 6.50. The van der Waals surface area contributed by atoms with Crippen LogP contribution in [0, 0.1) is 0 Å². The van der Waals surface area contributed by atoms with Gasteiger partial charge in [0.25, 0.3) is 0 Å². The van der Waals surface area contributed by atoms with E-state index in [0.29, 0.717) is 12.6 Å². The number of benzene rings is 2. The van der Waals surface area contributed by atoms with Gasteiger partial charge in [-0.25, -0.2) is 0 Å². The fraction of sp³-hybridized carbons (Fsp3) is 0.294. The number of rotatable bonds is 6. The van der Waals surface area contributed by atoms with Crippen molar-refractivity contribution in [3.63, 3.8) is 0 Å². The molecule has 3 nitrogen and oxygen atoms in total. The van der Waals surface area contributed by atoms with Gasteiger partial charge in [0.05, 0.1) is 4.47 Å². The summed E-state index contributed by atoms with van der Waals surface area (Å²) in [6.07, 6.45) is 2.60. The summed E-state index contributed by atoms with van der Waals surface area (Å²) in [6, 6.07) is 14.0. The lowest BCUT2D eigenvalue weighted by Gasteiger charge is -2.10. The number of phenols is 1. The van der Waals surface area contributed by atoms with Gasteiger partial charge in [0.1, 0.15) is 18.1 Å². The topological polar surface area (TPSA) is 41.5 Å². The number of aromatic hydroxyl groups is 1. The molecule has 110 valence electrons. The molecule has 0 saturated heterocycles. The second-order valence-corrected chi connectivity index (χ2v) is 6.23. The average molecular weight is 348 g/mol. The van der Waals surface area contributed by atoms with Gasteiger partial charge in [-0.15, -0.1) is 0 Å². The fourth-order valence-electron chi connectivity index (χ4n) is 2.13. The third-order valence-corrected chi connectivity index (χ3v) is 4.09. The Hall–Kier alpha value is -1.52. The second-order valence-electron chi connectivity index (χ2n) is 5.38. The summed E-state index contributed by atoms with van der Waals surface area (Å²) in [5, 5.41) is 12.9. The number of phenolic OH excluding ortho intramolecular Hbond substituents is 1. The number of hydrogen-bond acceptors (Lipinski definition) is 3. The van der Waals surface area contributed by atoms with Gasteiger partial charge >= 0.3 is 0 Å². The zero-order valence-corrected chi connectivity index (χ0v) is 13.3. The molecule has 0 aromatic heterocycles. The Kier molecular flexibility index (Phi) is 4.46. The molecule has 21 heavy (non-hydrogen) atoms. The maximum absolute atomic E-state index is 9.44. The molecular weight excluding hydrogens is 330 g/mol. The van der Waals surface area contributed by atoms with Crippen molar-refractivity contribution in [3.8, 4) is 11.5 Å². The smallest absolute Gasteiger partial charge is 0.134 e. The molecule has 0 radical (unpaired) electrons. The number of nitrogens with one attached hydrogen (secondary N) is 1. The van der Waals surface area contributed by atoms with Gasteiger partial charge in [-0.1, -0.05) is 18.2 Å². The minimum absolute atomic E-state index is 0.261. The van der Waals surface area contributed by atoms with E-state index < -0.39 is 0 Å². The predicted octanol–water partition coefficient (Wildman–Crippen LogP) is 3.99. The largest absolute Gasteiger partial charge is 0.508 e. The van der Waals surface area contributed by atoms with E-state index in [2.05, 4.69) is 33.4 Å². The molecule has 0 unspecified atom stereocenters. The predicted molar refractivity (Wildman–Crippen MR) is 86.4 cm³/mol. The SMILES string of the molecule is Oc1cccc(COc2ccc(CNC3CC3)cc2Br)c1. The summed E-state index contributed by atoms with van der Waals surface area (Å²) in [5.41, 5.74) is 2.19. The Bertz CT molecular complexity index is 626. The third kappa shape index (κ3) is 4.22. The standard InChI is InChI=1S/C17H18BrNO2/c18-16-9-12(10-19-14-5-6-14)4-7-17(16)21-11-13-2-1-3-15(20)8-13/h1-4,7-9,14,19-20H,5-6,10-11H2. The van der Waals surface area contributed by atoms with Crippen LogP contribution in [0.1, 0.15) is 24.0 Å². The monoisotopic (exact) mass is 347 g/mol. The van der Waals surface area contributed by atoms with Crippen LogP contribution in [0.15, 0.2) is 46.9 Å². The van der Waals surface area contributed by atoms with Gasteiger partial charge in [-0.05, 0) is 64.2 Å². The lowest BCUT2D eigenvalue weighted by molar-refractivity contribution is 0.303. The molecule has 0 spiro atoms. The van der Waals surface area contributed by atoms with Crippen LogP contribution in [0.25, 0.3) is 0 Å². The highest BCUT2D eigenvalue weighted by Crippen LogP contribution is 2.28. The lowest BCUT2D eigenvalue weighted by atomic mass is 10.2. The summed E-state index contributed by atoms with van der Waals surface area (Å²) in [5.74, 6) is 1.07. The van der Waals surface area contributed by atoms with Crippen LogP contribution in [0.2, 0.25) is 0 Å². The third-order valence-electron chi connectivity index (χ3n) is 3.47. The minimum atomic E-state index is 0.261. The first-order valence-corrected chi connectivity index (χ1v) is 7.92. The first kappa shape index (κ1) is 14.4. The van der Waals surface area contributed by atoms with Crippen LogP contribution >= 0.6 is 15.9 Å². The number of ether oxygens (including phenoxy) is 1. The van der Waals surface area contributed by atoms with Crippen LogP contribution < -0.4 is 10.1 Å². The first-order chi connectivity index (χ1) is 10.2. The highest BCUT2D eigenvalue weighted by molar-refractivity contribution is 9.10. The van der Waals surface area contributed by atoms with E-state index in [1.807, 2.05) is 18.2 Å². The molecule has 0 heterocycles. The quantitative estimate of drug-likeness (QED) is 0.830. The summed E-state index contributed by atoms with van der Waals surface area (Å²) in [4.78, 5) is 0. The van der Waals surface area contributed by atoms with Gasteiger partial charge in [0.15, 0.2) is 0 Å². The summed E-state index contributed by atoms with van der Waals surface area (Å²) >= 11 is 3.56. The van der Waals surface area contributed by atoms with E-state index in [-0.39, 0.29) is 5.75 Å². The zero-order chi connectivity index (χ0) is 14.7. The summed E-state index contributed by atoms with van der Waals surface area (Å²) < 4.78 is 6.75. The van der Waals surface area contributed by atoms with E-state index in [4.69, 9.17) is 4.74 Å². The van der Waals surface area contributed by atoms with Gasteiger partial charge < -0.3 is 15.2 Å². The average Bonchev–Trinajstić information content (AvgIpc) is 3.28. The van der Waals surface area contributed by atoms with Gasteiger partial charge in [-0.3, -0.25) is 0 Å². The van der Waals surface area contributed by atoms with Crippen LogP contribution in [-0.2, 0) is 13.2 Å².